The molecule has 2 nitrogen and oxygen atoms in total. The molecule has 0 saturated heterocycles. The van der Waals surface area contributed by atoms with Gasteiger partial charge in [0.25, 0.3) is 0 Å². The summed E-state index contributed by atoms with van der Waals surface area (Å²) in [4.78, 5) is 11.6. The first-order valence-electron chi connectivity index (χ1n) is 5.15. The van der Waals surface area contributed by atoms with E-state index in [0.29, 0.717) is 11.6 Å². The Hall–Kier alpha value is -1.38. The Morgan fingerprint density at radius 1 is 1.53 bits per heavy atom. The van der Waals surface area contributed by atoms with Gasteiger partial charge in [-0.15, -0.1) is 0 Å². The van der Waals surface area contributed by atoms with E-state index in [-0.39, 0.29) is 17.6 Å². The van der Waals surface area contributed by atoms with Crippen molar-refractivity contribution in [2.75, 3.05) is 5.32 Å². The van der Waals surface area contributed by atoms with Crippen molar-refractivity contribution in [1.82, 2.24) is 0 Å². The minimum atomic E-state index is -0.320. The van der Waals surface area contributed by atoms with Crippen LogP contribution in [-0.4, -0.2) is 5.91 Å². The van der Waals surface area contributed by atoms with Crippen LogP contribution in [0.2, 0.25) is 0 Å². The molecule has 80 valence electrons. The number of amides is 1. The Kier molecular flexibility index (Phi) is 2.47. The Bertz CT molecular complexity index is 403. The lowest BCUT2D eigenvalue weighted by Gasteiger charge is -2.07. The second-order valence-electron chi connectivity index (χ2n) is 4.27. The van der Waals surface area contributed by atoms with Crippen LogP contribution in [0, 0.1) is 24.6 Å². The van der Waals surface area contributed by atoms with Crippen LogP contribution in [0.5, 0.6) is 0 Å². The van der Waals surface area contributed by atoms with Gasteiger partial charge in [0.05, 0.1) is 0 Å². The molecule has 1 aliphatic carbocycles. The minimum Gasteiger partial charge on any atom is -0.325 e. The molecule has 2 atom stereocenters. The normalized spacial score (nSPS) is 23.7. The number of carbonyl (C=O) groups excluding carboxylic acids is 1. The number of anilines is 1. The molecule has 0 bridgehead atoms. The summed E-state index contributed by atoms with van der Waals surface area (Å²) in [5.74, 6) is 0.280. The summed E-state index contributed by atoms with van der Waals surface area (Å²) in [5.41, 5.74) is 1.47. The molecule has 1 fully saturated rings. The van der Waals surface area contributed by atoms with Gasteiger partial charge in [0, 0.05) is 11.6 Å². The zero-order chi connectivity index (χ0) is 11.0. The fourth-order valence-corrected chi connectivity index (χ4v) is 1.64. The Labute approximate surface area is 88.5 Å². The van der Waals surface area contributed by atoms with Crippen molar-refractivity contribution in [2.24, 2.45) is 11.8 Å². The third-order valence-corrected chi connectivity index (χ3v) is 2.90. The standard InChI is InChI=1S/C12H14FNO/c1-7-3-4-9(13)6-11(7)14-12(15)10-5-8(10)2/h3-4,6,8,10H,5H2,1-2H3,(H,14,15)/t8-,10-/m1/s1. The predicted molar refractivity (Wildman–Crippen MR) is 57.0 cm³/mol. The highest BCUT2D eigenvalue weighted by molar-refractivity contribution is 5.95. The monoisotopic (exact) mass is 207 g/mol. The van der Waals surface area contributed by atoms with E-state index in [4.69, 9.17) is 0 Å². The largest absolute Gasteiger partial charge is 0.325 e. The number of halogens is 1. The molecule has 0 aliphatic heterocycles. The highest BCUT2D eigenvalue weighted by atomic mass is 19.1. The number of hydrogen-bond donors (Lipinski definition) is 1. The molecule has 2 rings (SSSR count). The van der Waals surface area contributed by atoms with Crippen molar-refractivity contribution in [2.45, 2.75) is 20.3 Å². The van der Waals surface area contributed by atoms with Crippen LogP contribution < -0.4 is 5.32 Å². The van der Waals surface area contributed by atoms with Crippen LogP contribution in [0.3, 0.4) is 0 Å². The smallest absolute Gasteiger partial charge is 0.227 e. The number of nitrogens with one attached hydrogen (secondary N) is 1. The lowest BCUT2D eigenvalue weighted by atomic mass is 10.2. The number of aryl methyl sites for hydroxylation is 1. The quantitative estimate of drug-likeness (QED) is 0.793. The summed E-state index contributed by atoms with van der Waals surface area (Å²) < 4.78 is 12.9. The first-order valence-corrected chi connectivity index (χ1v) is 5.15. The third-order valence-electron chi connectivity index (χ3n) is 2.90. The van der Waals surface area contributed by atoms with Crippen molar-refractivity contribution in [3.63, 3.8) is 0 Å². The molecule has 3 heteroatoms. The van der Waals surface area contributed by atoms with E-state index in [1.165, 1.54) is 12.1 Å². The maximum atomic E-state index is 12.9. The van der Waals surface area contributed by atoms with Crippen LogP contribution in [0.4, 0.5) is 10.1 Å². The molecule has 1 aromatic carbocycles. The Morgan fingerprint density at radius 2 is 2.20 bits per heavy atom. The molecule has 1 amide bonds. The fourth-order valence-electron chi connectivity index (χ4n) is 1.64. The third kappa shape index (κ3) is 2.17. The first kappa shape index (κ1) is 10.1. The Balaban J connectivity index is 2.10. The molecule has 1 N–H and O–H groups in total. The van der Waals surface area contributed by atoms with Gasteiger partial charge in [-0.3, -0.25) is 4.79 Å². The molecule has 0 aromatic heterocycles. The van der Waals surface area contributed by atoms with Gasteiger partial charge in [0.15, 0.2) is 0 Å². The maximum absolute atomic E-state index is 12.9. The summed E-state index contributed by atoms with van der Waals surface area (Å²) >= 11 is 0. The second-order valence-corrected chi connectivity index (χ2v) is 4.27. The highest BCUT2D eigenvalue weighted by Gasteiger charge is 2.39. The summed E-state index contributed by atoms with van der Waals surface area (Å²) in [5, 5.41) is 2.76. The van der Waals surface area contributed by atoms with Gasteiger partial charge >= 0.3 is 0 Å². The van der Waals surface area contributed by atoms with Crippen LogP contribution in [0.15, 0.2) is 18.2 Å². The van der Waals surface area contributed by atoms with Crippen LogP contribution in [0.25, 0.3) is 0 Å². The molecule has 1 aliphatic rings. The van der Waals surface area contributed by atoms with Gasteiger partial charge in [-0.2, -0.15) is 0 Å². The number of benzene rings is 1. The van der Waals surface area contributed by atoms with Crippen LogP contribution in [0.1, 0.15) is 18.9 Å². The molecule has 0 radical (unpaired) electrons. The lowest BCUT2D eigenvalue weighted by molar-refractivity contribution is -0.117. The van der Waals surface area contributed by atoms with Crippen molar-refractivity contribution in [3.8, 4) is 0 Å². The van der Waals surface area contributed by atoms with Gasteiger partial charge in [0.1, 0.15) is 5.82 Å². The zero-order valence-corrected chi connectivity index (χ0v) is 8.88. The predicted octanol–water partition coefficient (Wildman–Crippen LogP) is 2.73. The van der Waals surface area contributed by atoms with E-state index in [2.05, 4.69) is 5.32 Å². The summed E-state index contributed by atoms with van der Waals surface area (Å²) in [6, 6.07) is 4.42. The number of hydrogen-bond acceptors (Lipinski definition) is 1. The topological polar surface area (TPSA) is 29.1 Å². The van der Waals surface area contributed by atoms with Crippen LogP contribution in [-0.2, 0) is 4.79 Å². The highest BCUT2D eigenvalue weighted by Crippen LogP contribution is 2.38. The van der Waals surface area contributed by atoms with E-state index >= 15 is 0 Å². The average Bonchev–Trinajstić information content (AvgIpc) is 2.89. The van der Waals surface area contributed by atoms with Crippen molar-refractivity contribution >= 4 is 11.6 Å². The summed E-state index contributed by atoms with van der Waals surface area (Å²) in [7, 11) is 0. The number of rotatable bonds is 2. The number of carbonyl (C=O) groups is 1. The zero-order valence-electron chi connectivity index (χ0n) is 8.88. The molecule has 0 unspecified atom stereocenters. The van der Waals surface area contributed by atoms with E-state index < -0.39 is 0 Å². The average molecular weight is 207 g/mol. The molecule has 0 heterocycles. The van der Waals surface area contributed by atoms with Crippen molar-refractivity contribution < 1.29 is 9.18 Å². The van der Waals surface area contributed by atoms with Crippen molar-refractivity contribution in [1.29, 1.82) is 0 Å². The summed E-state index contributed by atoms with van der Waals surface area (Å²) in [6.45, 7) is 3.90. The van der Waals surface area contributed by atoms with Gasteiger partial charge in [-0.25, -0.2) is 4.39 Å². The molecule has 1 saturated carbocycles. The van der Waals surface area contributed by atoms with Gasteiger partial charge in [-0.05, 0) is 37.0 Å². The molecule has 0 spiro atoms. The fraction of sp³-hybridized carbons (Fsp3) is 0.417. The van der Waals surface area contributed by atoms with E-state index in [0.717, 1.165) is 12.0 Å². The maximum Gasteiger partial charge on any atom is 0.227 e. The van der Waals surface area contributed by atoms with E-state index in [9.17, 15) is 9.18 Å². The van der Waals surface area contributed by atoms with Gasteiger partial charge in [0.2, 0.25) is 5.91 Å². The minimum absolute atomic E-state index is 0.0104. The van der Waals surface area contributed by atoms with E-state index in [1.807, 2.05) is 13.8 Å². The lowest BCUT2D eigenvalue weighted by Crippen LogP contribution is -2.15. The first-order chi connectivity index (χ1) is 7.08. The van der Waals surface area contributed by atoms with Gasteiger partial charge < -0.3 is 5.32 Å². The van der Waals surface area contributed by atoms with Gasteiger partial charge in [-0.1, -0.05) is 13.0 Å². The molecule has 1 aromatic rings. The molecular weight excluding hydrogens is 193 g/mol. The van der Waals surface area contributed by atoms with E-state index in [1.54, 1.807) is 6.07 Å². The SMILES string of the molecule is Cc1ccc(F)cc1NC(=O)[C@@H]1C[C@H]1C. The van der Waals surface area contributed by atoms with Crippen LogP contribution >= 0.6 is 0 Å². The molecule has 15 heavy (non-hydrogen) atoms. The molecular formula is C12H14FNO. The summed E-state index contributed by atoms with van der Waals surface area (Å²) in [6.07, 6.45) is 0.945. The second kappa shape index (κ2) is 3.65. The van der Waals surface area contributed by atoms with Crippen molar-refractivity contribution in [3.05, 3.63) is 29.6 Å². The Morgan fingerprint density at radius 3 is 2.80 bits per heavy atom.